The Balaban J connectivity index is 1.75. The Morgan fingerprint density at radius 2 is 1.88 bits per heavy atom. The van der Waals surface area contributed by atoms with Gasteiger partial charge in [0.2, 0.25) is 0 Å². The zero-order chi connectivity index (χ0) is 23.6. The van der Waals surface area contributed by atoms with Crippen LogP contribution < -0.4 is 15.8 Å². The van der Waals surface area contributed by atoms with Gasteiger partial charge in [-0.05, 0) is 31.9 Å². The highest BCUT2D eigenvalue weighted by Gasteiger charge is 2.45. The fraction of sp³-hybridized carbons (Fsp3) is 0.400. The van der Waals surface area contributed by atoms with Crippen molar-refractivity contribution >= 4 is 7.82 Å². The summed E-state index contributed by atoms with van der Waals surface area (Å²) in [5.41, 5.74) is -0.393. The highest BCUT2D eigenvalue weighted by Crippen LogP contribution is 2.46. The van der Waals surface area contributed by atoms with Crippen molar-refractivity contribution in [1.82, 2.24) is 9.55 Å². The van der Waals surface area contributed by atoms with Crippen LogP contribution in [0.2, 0.25) is 0 Å². The SMILES string of the molecule is CC#Cc1cn([C@@H]2O[C@H](COP(=O)(O)Oc3c(C)cccc3C)[C@@H](O)[C@@H]2O)c(=O)[nH]c1=O. The van der Waals surface area contributed by atoms with Crippen LogP contribution in [0.25, 0.3) is 0 Å². The smallest absolute Gasteiger partial charge is 0.404 e. The van der Waals surface area contributed by atoms with Crippen LogP contribution in [0.15, 0.2) is 34.0 Å². The van der Waals surface area contributed by atoms with Crippen molar-refractivity contribution in [1.29, 1.82) is 0 Å². The Morgan fingerprint density at radius 3 is 2.50 bits per heavy atom. The van der Waals surface area contributed by atoms with Crippen LogP contribution in [0.1, 0.15) is 29.8 Å². The van der Waals surface area contributed by atoms with E-state index in [0.717, 1.165) is 10.8 Å². The predicted octanol–water partition coefficient (Wildman–Crippen LogP) is 0.340. The van der Waals surface area contributed by atoms with Gasteiger partial charge in [-0.2, -0.15) is 0 Å². The van der Waals surface area contributed by atoms with E-state index in [2.05, 4.69) is 16.8 Å². The number of benzene rings is 1. The largest absolute Gasteiger partial charge is 0.527 e. The number of para-hydroxylation sites is 1. The van der Waals surface area contributed by atoms with Crippen LogP contribution in [-0.2, 0) is 13.8 Å². The summed E-state index contributed by atoms with van der Waals surface area (Å²) in [6.07, 6.45) is -4.70. The number of aryl methyl sites for hydroxylation is 2. The number of phosphoric acid groups is 1. The maximum absolute atomic E-state index is 12.4. The van der Waals surface area contributed by atoms with Crippen molar-refractivity contribution in [2.75, 3.05) is 6.61 Å². The minimum Gasteiger partial charge on any atom is -0.404 e. The third kappa shape index (κ3) is 5.02. The monoisotopic (exact) mass is 466 g/mol. The number of nitrogens with one attached hydrogen (secondary N) is 1. The van der Waals surface area contributed by atoms with Crippen LogP contribution in [0.4, 0.5) is 0 Å². The van der Waals surface area contributed by atoms with Gasteiger partial charge in [0, 0.05) is 6.20 Å². The van der Waals surface area contributed by atoms with Crippen LogP contribution >= 0.6 is 7.82 Å². The average Bonchev–Trinajstić information content (AvgIpc) is 3.00. The number of H-pyrrole nitrogens is 1. The molecular weight excluding hydrogens is 443 g/mol. The molecule has 32 heavy (non-hydrogen) atoms. The topological polar surface area (TPSA) is 160 Å². The Bertz CT molecular complexity index is 1210. The number of nitrogens with zero attached hydrogens (tertiary/aromatic N) is 1. The van der Waals surface area contributed by atoms with Crippen LogP contribution in [-0.4, -0.2) is 49.6 Å². The fourth-order valence-electron chi connectivity index (χ4n) is 3.25. The van der Waals surface area contributed by atoms with Crippen LogP contribution in [0, 0.1) is 25.7 Å². The van der Waals surface area contributed by atoms with Crippen molar-refractivity contribution in [3.05, 3.63) is 61.9 Å². The minimum atomic E-state index is -4.60. The standard InChI is InChI=1S/C20H23N2O9P/c1-4-6-13-9-22(20(26)21-18(13)25)19-16(24)15(23)14(30-19)10-29-32(27,28)31-17-11(2)7-5-8-12(17)3/h5,7-9,14-16,19,23-24H,10H2,1-3H3,(H,27,28)(H,21,25,26)/t14-,15-,16+,19-/m1/s1. The lowest BCUT2D eigenvalue weighted by molar-refractivity contribution is -0.0540. The second-order valence-corrected chi connectivity index (χ2v) is 8.59. The first-order valence-electron chi connectivity index (χ1n) is 9.57. The lowest BCUT2D eigenvalue weighted by atomic mass is 10.1. The summed E-state index contributed by atoms with van der Waals surface area (Å²) in [4.78, 5) is 36.1. The second-order valence-electron chi connectivity index (χ2n) is 7.21. The van der Waals surface area contributed by atoms with E-state index in [0.29, 0.717) is 11.1 Å². The molecule has 1 aromatic heterocycles. The third-order valence-electron chi connectivity index (χ3n) is 4.86. The first kappa shape index (κ1) is 23.9. The third-order valence-corrected chi connectivity index (χ3v) is 5.74. The fourth-order valence-corrected chi connectivity index (χ4v) is 4.15. The van der Waals surface area contributed by atoms with Crippen molar-refractivity contribution in [2.45, 2.75) is 45.3 Å². The number of aromatic nitrogens is 2. The summed E-state index contributed by atoms with van der Waals surface area (Å²) in [5, 5.41) is 20.7. The van der Waals surface area contributed by atoms with E-state index in [1.807, 2.05) is 0 Å². The lowest BCUT2D eigenvalue weighted by Crippen LogP contribution is -2.38. The van der Waals surface area contributed by atoms with E-state index in [-0.39, 0.29) is 11.3 Å². The number of aliphatic hydroxyl groups is 2. The van der Waals surface area contributed by atoms with Gasteiger partial charge in [0.1, 0.15) is 29.6 Å². The maximum Gasteiger partial charge on any atom is 0.527 e. The molecule has 0 bridgehead atoms. The number of hydrogen-bond donors (Lipinski definition) is 4. The molecule has 1 aromatic carbocycles. The summed E-state index contributed by atoms with van der Waals surface area (Å²) in [6.45, 7) is 4.28. The van der Waals surface area contributed by atoms with Crippen LogP contribution in [0.5, 0.6) is 5.75 Å². The summed E-state index contributed by atoms with van der Waals surface area (Å²) in [6, 6.07) is 5.17. The normalized spacial score (nSPS) is 24.4. The van der Waals surface area contributed by atoms with E-state index >= 15 is 0 Å². The first-order valence-corrected chi connectivity index (χ1v) is 11.1. The molecule has 172 valence electrons. The van der Waals surface area contributed by atoms with E-state index in [1.54, 1.807) is 32.0 Å². The molecule has 4 N–H and O–H groups in total. The number of phosphoric ester groups is 1. The molecule has 0 radical (unpaired) electrons. The molecule has 12 heteroatoms. The zero-order valence-corrected chi connectivity index (χ0v) is 18.4. The molecule has 0 amide bonds. The molecule has 0 spiro atoms. The van der Waals surface area contributed by atoms with Gasteiger partial charge in [-0.1, -0.05) is 24.1 Å². The van der Waals surface area contributed by atoms with Crippen LogP contribution in [0.3, 0.4) is 0 Å². The first-order chi connectivity index (χ1) is 15.0. The van der Waals surface area contributed by atoms with Gasteiger partial charge in [-0.3, -0.25) is 23.8 Å². The number of hydrogen-bond acceptors (Lipinski definition) is 8. The molecule has 1 aliphatic rings. The zero-order valence-electron chi connectivity index (χ0n) is 17.5. The van der Waals surface area contributed by atoms with E-state index in [4.69, 9.17) is 13.8 Å². The molecule has 0 aliphatic carbocycles. The summed E-state index contributed by atoms with van der Waals surface area (Å²) >= 11 is 0. The molecule has 1 fully saturated rings. The van der Waals surface area contributed by atoms with Gasteiger partial charge in [-0.15, -0.1) is 5.92 Å². The van der Waals surface area contributed by atoms with Crippen molar-refractivity contribution < 1.29 is 33.5 Å². The molecule has 3 rings (SSSR count). The molecule has 2 heterocycles. The van der Waals surface area contributed by atoms with E-state index in [1.165, 1.54) is 6.92 Å². The molecular formula is C20H23N2O9P. The molecule has 0 saturated carbocycles. The quantitative estimate of drug-likeness (QED) is 0.348. The Hall–Kier alpha value is -2.71. The number of aliphatic hydroxyl groups excluding tert-OH is 2. The highest BCUT2D eigenvalue weighted by molar-refractivity contribution is 7.47. The van der Waals surface area contributed by atoms with Gasteiger partial charge < -0.3 is 19.5 Å². The Labute approximate surface area is 182 Å². The van der Waals surface area contributed by atoms with Crippen molar-refractivity contribution in [3.8, 4) is 17.6 Å². The second kappa shape index (κ2) is 9.42. The van der Waals surface area contributed by atoms with Gasteiger partial charge in [0.15, 0.2) is 6.23 Å². The molecule has 1 aliphatic heterocycles. The predicted molar refractivity (Wildman–Crippen MR) is 112 cm³/mol. The molecule has 2 aromatic rings. The average molecular weight is 466 g/mol. The summed E-state index contributed by atoms with van der Waals surface area (Å²) < 4.78 is 28.9. The highest BCUT2D eigenvalue weighted by atomic mass is 31.2. The maximum atomic E-state index is 12.4. The lowest BCUT2D eigenvalue weighted by Gasteiger charge is -2.19. The number of aromatic amines is 1. The Morgan fingerprint density at radius 1 is 1.22 bits per heavy atom. The molecule has 1 saturated heterocycles. The number of ether oxygens (including phenoxy) is 1. The minimum absolute atomic E-state index is 0.0426. The summed E-state index contributed by atoms with van der Waals surface area (Å²) in [5.74, 6) is 5.23. The summed E-state index contributed by atoms with van der Waals surface area (Å²) in [7, 11) is -4.60. The van der Waals surface area contributed by atoms with Gasteiger partial charge in [0.05, 0.1) is 6.61 Å². The van der Waals surface area contributed by atoms with Crippen molar-refractivity contribution in [2.24, 2.45) is 0 Å². The molecule has 5 atom stereocenters. The molecule has 1 unspecified atom stereocenters. The van der Waals surface area contributed by atoms with Gasteiger partial charge in [0.25, 0.3) is 5.56 Å². The van der Waals surface area contributed by atoms with Gasteiger partial charge in [-0.25, -0.2) is 9.36 Å². The Kier molecular flexibility index (Phi) is 7.05. The number of rotatable bonds is 6. The van der Waals surface area contributed by atoms with E-state index < -0.39 is 50.2 Å². The van der Waals surface area contributed by atoms with Crippen molar-refractivity contribution in [3.63, 3.8) is 0 Å². The van der Waals surface area contributed by atoms with E-state index in [9.17, 15) is 29.3 Å². The van der Waals surface area contributed by atoms with Gasteiger partial charge >= 0.3 is 13.5 Å². The molecule has 11 nitrogen and oxygen atoms in total.